The van der Waals surface area contributed by atoms with Crippen molar-refractivity contribution in [2.75, 3.05) is 50.5 Å². The molecule has 5 aromatic rings. The van der Waals surface area contributed by atoms with Crippen LogP contribution in [0.4, 0.5) is 11.6 Å². The molecule has 178 valence electrons. The van der Waals surface area contributed by atoms with Gasteiger partial charge in [-0.1, -0.05) is 0 Å². The molecule has 6 heterocycles. The second-order valence-electron chi connectivity index (χ2n) is 8.86. The molecule has 0 atom stereocenters. The van der Waals surface area contributed by atoms with Gasteiger partial charge < -0.3 is 19.7 Å². The molecule has 1 saturated heterocycles. The van der Waals surface area contributed by atoms with E-state index in [1.807, 2.05) is 55.3 Å². The minimum atomic E-state index is 0.635. The van der Waals surface area contributed by atoms with Crippen molar-refractivity contribution < 1.29 is 0 Å². The largest absolute Gasteiger partial charge is 0.370 e. The Hall–Kier alpha value is -4.12. The summed E-state index contributed by atoms with van der Waals surface area (Å²) in [5, 5.41) is 11.6. The number of fused-ring (bicyclic) bond motifs is 2. The molecule has 0 spiro atoms. The van der Waals surface area contributed by atoms with Gasteiger partial charge in [-0.2, -0.15) is 0 Å². The smallest absolute Gasteiger partial charge is 0.203 e. The molecule has 0 bridgehead atoms. The maximum atomic E-state index is 4.99. The molecule has 6 rings (SSSR count). The number of aryl methyl sites for hydroxylation is 1. The standard InChI is InChI=1S/C24H27N11/c1-16-30-31-24-22(25-2)28-19(15-34(16)24)23-29-18-13-27-21(33-10-8-32(3)9-11-33)12-20(18)35(23)14-17-4-6-26-7-5-17/h4-7,12-13,15H,8-11,14H2,1-3H3,(H,25,28). The minimum absolute atomic E-state index is 0.635. The molecule has 0 radical (unpaired) electrons. The van der Waals surface area contributed by atoms with E-state index in [0.717, 1.165) is 65.9 Å². The maximum Gasteiger partial charge on any atom is 0.203 e. The van der Waals surface area contributed by atoms with Crippen molar-refractivity contribution in [3.8, 4) is 11.5 Å². The third-order valence-corrected chi connectivity index (χ3v) is 6.57. The summed E-state index contributed by atoms with van der Waals surface area (Å²) < 4.78 is 4.15. The zero-order valence-electron chi connectivity index (χ0n) is 20.0. The monoisotopic (exact) mass is 469 g/mol. The minimum Gasteiger partial charge on any atom is -0.370 e. The van der Waals surface area contributed by atoms with E-state index in [4.69, 9.17) is 15.0 Å². The van der Waals surface area contributed by atoms with E-state index < -0.39 is 0 Å². The first-order valence-corrected chi connectivity index (χ1v) is 11.7. The summed E-state index contributed by atoms with van der Waals surface area (Å²) >= 11 is 0. The second kappa shape index (κ2) is 8.58. The Kier molecular flexibility index (Phi) is 5.25. The quantitative estimate of drug-likeness (QED) is 0.414. The van der Waals surface area contributed by atoms with Crippen LogP contribution in [0, 0.1) is 6.92 Å². The van der Waals surface area contributed by atoms with E-state index in [0.29, 0.717) is 18.0 Å². The van der Waals surface area contributed by atoms with Crippen molar-refractivity contribution in [1.29, 1.82) is 0 Å². The van der Waals surface area contributed by atoms with Crippen LogP contribution in [-0.2, 0) is 6.54 Å². The van der Waals surface area contributed by atoms with Gasteiger partial charge in [-0.15, -0.1) is 10.2 Å². The van der Waals surface area contributed by atoms with Crippen LogP contribution in [0.1, 0.15) is 11.4 Å². The lowest BCUT2D eigenvalue weighted by molar-refractivity contribution is 0.312. The molecule has 11 heteroatoms. The van der Waals surface area contributed by atoms with Gasteiger partial charge in [0.25, 0.3) is 0 Å². The van der Waals surface area contributed by atoms with E-state index in [9.17, 15) is 0 Å². The molecule has 1 aliphatic rings. The van der Waals surface area contributed by atoms with Gasteiger partial charge in [0.1, 0.15) is 22.9 Å². The van der Waals surface area contributed by atoms with Crippen LogP contribution in [0.5, 0.6) is 0 Å². The predicted molar refractivity (Wildman–Crippen MR) is 135 cm³/mol. The fourth-order valence-corrected chi connectivity index (χ4v) is 4.54. The number of rotatable bonds is 5. The van der Waals surface area contributed by atoms with E-state index in [1.54, 1.807) is 0 Å². The molecule has 1 aliphatic heterocycles. The number of anilines is 2. The van der Waals surface area contributed by atoms with E-state index in [1.165, 1.54) is 0 Å². The lowest BCUT2D eigenvalue weighted by Gasteiger charge is -2.33. The first kappa shape index (κ1) is 21.4. The van der Waals surface area contributed by atoms with Crippen LogP contribution in [0.15, 0.2) is 43.0 Å². The van der Waals surface area contributed by atoms with E-state index in [2.05, 4.69) is 48.0 Å². The highest BCUT2D eigenvalue weighted by atomic mass is 15.3. The highest BCUT2D eigenvalue weighted by molar-refractivity contribution is 5.82. The summed E-state index contributed by atoms with van der Waals surface area (Å²) in [6, 6.07) is 6.20. The Balaban J connectivity index is 1.52. The second-order valence-corrected chi connectivity index (χ2v) is 8.86. The molecule has 0 amide bonds. The fraction of sp³-hybridized carbons (Fsp3) is 0.333. The van der Waals surface area contributed by atoms with Gasteiger partial charge in [0.2, 0.25) is 5.65 Å². The third kappa shape index (κ3) is 3.83. The SMILES string of the molecule is CNc1nc(-c2nc3cnc(N4CCN(C)CC4)cc3n2Cc2ccncc2)cn2c(C)nnc12. The van der Waals surface area contributed by atoms with Crippen LogP contribution < -0.4 is 10.2 Å². The molecule has 1 N–H and O–H groups in total. The van der Waals surface area contributed by atoms with Crippen molar-refractivity contribution in [3.05, 3.63) is 54.4 Å². The van der Waals surface area contributed by atoms with Gasteiger partial charge in [0.15, 0.2) is 11.6 Å². The molecular weight excluding hydrogens is 442 g/mol. The van der Waals surface area contributed by atoms with Crippen molar-refractivity contribution in [3.63, 3.8) is 0 Å². The number of nitrogens with one attached hydrogen (secondary N) is 1. The first-order chi connectivity index (χ1) is 17.1. The number of nitrogens with zero attached hydrogens (tertiary/aromatic N) is 10. The summed E-state index contributed by atoms with van der Waals surface area (Å²) in [5.41, 5.74) is 4.41. The average Bonchev–Trinajstić information content (AvgIpc) is 3.44. The van der Waals surface area contributed by atoms with Gasteiger partial charge in [-0.3, -0.25) is 9.38 Å². The average molecular weight is 470 g/mol. The molecule has 0 saturated carbocycles. The summed E-state index contributed by atoms with van der Waals surface area (Å²) in [6.45, 7) is 6.52. The summed E-state index contributed by atoms with van der Waals surface area (Å²) in [6.07, 6.45) is 7.45. The summed E-state index contributed by atoms with van der Waals surface area (Å²) in [7, 11) is 3.99. The van der Waals surface area contributed by atoms with E-state index >= 15 is 0 Å². The topological polar surface area (TPSA) is 105 Å². The normalized spacial score (nSPS) is 14.8. The number of likely N-dealkylation sites (N-methyl/N-ethyl adjacent to an activating group) is 1. The summed E-state index contributed by atoms with van der Waals surface area (Å²) in [5.74, 6) is 3.18. The Bertz CT molecular complexity index is 1500. The molecule has 0 unspecified atom stereocenters. The highest BCUT2D eigenvalue weighted by Gasteiger charge is 2.21. The van der Waals surface area contributed by atoms with Crippen LogP contribution in [0.2, 0.25) is 0 Å². The third-order valence-electron chi connectivity index (χ3n) is 6.57. The van der Waals surface area contributed by atoms with Crippen molar-refractivity contribution in [2.24, 2.45) is 0 Å². The fourth-order valence-electron chi connectivity index (χ4n) is 4.54. The Morgan fingerprint density at radius 2 is 1.83 bits per heavy atom. The number of imidazole rings is 1. The number of aromatic nitrogens is 8. The number of hydrogen-bond donors (Lipinski definition) is 1. The molecule has 0 aromatic carbocycles. The van der Waals surface area contributed by atoms with Gasteiger partial charge in [0.05, 0.1) is 11.7 Å². The maximum absolute atomic E-state index is 4.99. The lowest BCUT2D eigenvalue weighted by atomic mass is 10.2. The Morgan fingerprint density at radius 1 is 1.03 bits per heavy atom. The highest BCUT2D eigenvalue weighted by Crippen LogP contribution is 2.29. The first-order valence-electron chi connectivity index (χ1n) is 11.7. The van der Waals surface area contributed by atoms with Crippen LogP contribution in [0.25, 0.3) is 28.2 Å². The van der Waals surface area contributed by atoms with Gasteiger partial charge in [0, 0.05) is 64.4 Å². The van der Waals surface area contributed by atoms with Crippen LogP contribution in [-0.4, -0.2) is 84.3 Å². The molecule has 1 fully saturated rings. The Labute approximate surface area is 202 Å². The van der Waals surface area contributed by atoms with Crippen molar-refractivity contribution >= 4 is 28.3 Å². The number of pyridine rings is 2. The number of hydrogen-bond acceptors (Lipinski definition) is 9. The predicted octanol–water partition coefficient (Wildman–Crippen LogP) is 2.08. The molecular formula is C24H27N11. The lowest BCUT2D eigenvalue weighted by Crippen LogP contribution is -2.44. The molecule has 11 nitrogen and oxygen atoms in total. The van der Waals surface area contributed by atoms with Gasteiger partial charge in [-0.05, 0) is 31.7 Å². The van der Waals surface area contributed by atoms with Crippen molar-refractivity contribution in [2.45, 2.75) is 13.5 Å². The van der Waals surface area contributed by atoms with Gasteiger partial charge >= 0.3 is 0 Å². The van der Waals surface area contributed by atoms with Crippen LogP contribution in [0.3, 0.4) is 0 Å². The van der Waals surface area contributed by atoms with E-state index in [-0.39, 0.29) is 0 Å². The zero-order chi connectivity index (χ0) is 23.9. The van der Waals surface area contributed by atoms with Gasteiger partial charge in [-0.25, -0.2) is 15.0 Å². The van der Waals surface area contributed by atoms with Crippen LogP contribution >= 0.6 is 0 Å². The molecule has 0 aliphatic carbocycles. The molecule has 5 aromatic heterocycles. The molecule has 35 heavy (non-hydrogen) atoms. The zero-order valence-corrected chi connectivity index (χ0v) is 20.0. The number of piperazine rings is 1. The Morgan fingerprint density at radius 3 is 2.60 bits per heavy atom. The van der Waals surface area contributed by atoms with Crippen molar-refractivity contribution in [1.82, 2.24) is 44.0 Å². The summed E-state index contributed by atoms with van der Waals surface area (Å²) in [4.78, 5) is 23.5.